The third kappa shape index (κ3) is 2.79. The summed E-state index contributed by atoms with van der Waals surface area (Å²) in [6.45, 7) is 4.65. The van der Waals surface area contributed by atoms with Crippen LogP contribution in [0.1, 0.15) is 17.0 Å². The average Bonchev–Trinajstić information content (AvgIpc) is 2.81. The minimum absolute atomic E-state index is 0.263. The van der Waals surface area contributed by atoms with Crippen LogP contribution in [0.15, 0.2) is 35.1 Å². The Morgan fingerprint density at radius 3 is 2.95 bits per heavy atom. The van der Waals surface area contributed by atoms with Crippen molar-refractivity contribution in [3.63, 3.8) is 0 Å². The molecule has 1 aromatic carbocycles. The Hall–Kier alpha value is -2.63. The molecule has 0 amide bonds. The lowest BCUT2D eigenvalue weighted by molar-refractivity contribution is 0.925. The molecule has 0 aliphatic rings. The molecule has 2 heterocycles. The Morgan fingerprint density at radius 1 is 1.29 bits per heavy atom. The monoisotopic (exact) mass is 283 g/mol. The van der Waals surface area contributed by atoms with Gasteiger partial charge < -0.3 is 5.32 Å². The summed E-state index contributed by atoms with van der Waals surface area (Å²) in [6.07, 6.45) is 0.918. The van der Waals surface area contributed by atoms with Gasteiger partial charge in [0.25, 0.3) is 0 Å². The second kappa shape index (κ2) is 5.40. The highest BCUT2D eigenvalue weighted by Gasteiger charge is 2.06. The summed E-state index contributed by atoms with van der Waals surface area (Å²) in [5, 5.41) is 9.66. The van der Waals surface area contributed by atoms with E-state index in [1.807, 2.05) is 0 Å². The van der Waals surface area contributed by atoms with Crippen molar-refractivity contribution in [2.24, 2.45) is 0 Å². The molecule has 0 unspecified atom stereocenters. The maximum absolute atomic E-state index is 11.5. The van der Waals surface area contributed by atoms with Crippen LogP contribution in [0.3, 0.4) is 0 Å². The highest BCUT2D eigenvalue weighted by atomic mass is 16.1. The molecule has 108 valence electrons. The van der Waals surface area contributed by atoms with Gasteiger partial charge in [0.2, 0.25) is 0 Å². The van der Waals surface area contributed by atoms with Gasteiger partial charge in [-0.3, -0.25) is 0 Å². The average molecular weight is 283 g/mol. The van der Waals surface area contributed by atoms with E-state index in [1.54, 1.807) is 13.0 Å². The van der Waals surface area contributed by atoms with Gasteiger partial charge in [0, 0.05) is 12.6 Å². The predicted octanol–water partition coefficient (Wildman–Crippen LogP) is 1.69. The van der Waals surface area contributed by atoms with Crippen LogP contribution in [0.2, 0.25) is 0 Å². The van der Waals surface area contributed by atoms with E-state index < -0.39 is 0 Å². The number of hydrogen-bond donors (Lipinski definition) is 2. The second-order valence-corrected chi connectivity index (χ2v) is 5.08. The number of aromatic nitrogens is 4. The molecule has 2 aromatic heterocycles. The summed E-state index contributed by atoms with van der Waals surface area (Å²) in [5.74, 6) is 1.34. The van der Waals surface area contributed by atoms with Crippen molar-refractivity contribution in [3.8, 4) is 0 Å². The zero-order chi connectivity index (χ0) is 14.8. The molecule has 3 aromatic rings. The molecule has 0 bridgehead atoms. The molecule has 6 nitrogen and oxygen atoms in total. The SMILES string of the molecule is Cc1cccc(CCNc2cc3n[nH]c(=O)n3c(C)n2)c1. The Morgan fingerprint density at radius 2 is 2.14 bits per heavy atom. The van der Waals surface area contributed by atoms with Crippen LogP contribution in [-0.4, -0.2) is 26.1 Å². The molecule has 0 radical (unpaired) electrons. The van der Waals surface area contributed by atoms with E-state index in [0.717, 1.165) is 18.8 Å². The van der Waals surface area contributed by atoms with E-state index in [9.17, 15) is 4.79 Å². The van der Waals surface area contributed by atoms with Gasteiger partial charge in [-0.05, 0) is 25.8 Å². The maximum atomic E-state index is 11.5. The second-order valence-electron chi connectivity index (χ2n) is 5.08. The van der Waals surface area contributed by atoms with Crippen LogP contribution in [-0.2, 0) is 6.42 Å². The fraction of sp³-hybridized carbons (Fsp3) is 0.267. The van der Waals surface area contributed by atoms with Gasteiger partial charge in [-0.1, -0.05) is 29.8 Å². The molecular formula is C15H17N5O. The number of benzene rings is 1. The molecule has 0 saturated carbocycles. The summed E-state index contributed by atoms with van der Waals surface area (Å²) < 4.78 is 1.45. The number of aromatic amines is 1. The lowest BCUT2D eigenvalue weighted by Crippen LogP contribution is -2.14. The number of H-pyrrole nitrogens is 1. The first-order valence-corrected chi connectivity index (χ1v) is 6.88. The van der Waals surface area contributed by atoms with Crippen molar-refractivity contribution in [2.45, 2.75) is 20.3 Å². The van der Waals surface area contributed by atoms with Crippen LogP contribution in [0.5, 0.6) is 0 Å². The van der Waals surface area contributed by atoms with Crippen molar-refractivity contribution in [1.82, 2.24) is 19.6 Å². The van der Waals surface area contributed by atoms with Crippen molar-refractivity contribution in [1.29, 1.82) is 0 Å². The molecule has 0 saturated heterocycles. The van der Waals surface area contributed by atoms with Gasteiger partial charge in [-0.15, -0.1) is 0 Å². The van der Waals surface area contributed by atoms with Gasteiger partial charge in [-0.25, -0.2) is 19.3 Å². The fourth-order valence-corrected chi connectivity index (χ4v) is 2.39. The van der Waals surface area contributed by atoms with Crippen molar-refractivity contribution in [3.05, 3.63) is 57.8 Å². The number of nitrogens with one attached hydrogen (secondary N) is 2. The van der Waals surface area contributed by atoms with E-state index in [1.165, 1.54) is 15.5 Å². The molecule has 0 spiro atoms. The van der Waals surface area contributed by atoms with Crippen LogP contribution in [0, 0.1) is 13.8 Å². The Bertz CT molecular complexity index is 833. The van der Waals surface area contributed by atoms with E-state index >= 15 is 0 Å². The Labute approximate surface area is 121 Å². The third-order valence-electron chi connectivity index (χ3n) is 3.37. The summed E-state index contributed by atoms with van der Waals surface area (Å²) in [6, 6.07) is 10.2. The fourth-order valence-electron chi connectivity index (χ4n) is 2.39. The minimum Gasteiger partial charge on any atom is -0.370 e. The van der Waals surface area contributed by atoms with Crippen LogP contribution < -0.4 is 11.0 Å². The zero-order valence-electron chi connectivity index (χ0n) is 12.1. The van der Waals surface area contributed by atoms with Crippen molar-refractivity contribution >= 4 is 11.5 Å². The van der Waals surface area contributed by atoms with Gasteiger partial charge in [-0.2, -0.15) is 5.10 Å². The Balaban J connectivity index is 1.72. The molecular weight excluding hydrogens is 266 g/mol. The minimum atomic E-state index is -0.263. The molecule has 6 heteroatoms. The number of rotatable bonds is 4. The quantitative estimate of drug-likeness (QED) is 0.764. The first-order chi connectivity index (χ1) is 10.1. The lowest BCUT2D eigenvalue weighted by Gasteiger charge is -2.07. The number of anilines is 1. The van der Waals surface area contributed by atoms with Crippen molar-refractivity contribution < 1.29 is 0 Å². The summed E-state index contributed by atoms with van der Waals surface area (Å²) >= 11 is 0. The molecule has 0 aliphatic heterocycles. The number of aryl methyl sites for hydroxylation is 2. The van der Waals surface area contributed by atoms with Gasteiger partial charge in [0.15, 0.2) is 5.65 Å². The van der Waals surface area contributed by atoms with E-state index in [2.05, 4.69) is 51.7 Å². The predicted molar refractivity (Wildman–Crippen MR) is 81.7 cm³/mol. The standard InChI is InChI=1S/C15H17N5O/c1-10-4-3-5-12(8-10)6-7-16-13-9-14-18-19-15(21)20(14)11(2)17-13/h3-5,8-9,16H,6-7H2,1-2H3,(H,19,21). The smallest absolute Gasteiger partial charge is 0.349 e. The van der Waals surface area contributed by atoms with Crippen LogP contribution >= 0.6 is 0 Å². The van der Waals surface area contributed by atoms with E-state index in [0.29, 0.717) is 11.5 Å². The summed E-state index contributed by atoms with van der Waals surface area (Å²) in [7, 11) is 0. The highest BCUT2D eigenvalue weighted by Crippen LogP contribution is 2.09. The van der Waals surface area contributed by atoms with Crippen LogP contribution in [0.25, 0.3) is 5.65 Å². The largest absolute Gasteiger partial charge is 0.370 e. The first kappa shape index (κ1) is 13.4. The molecule has 0 aliphatic carbocycles. The Kier molecular flexibility index (Phi) is 3.43. The molecule has 0 fully saturated rings. The summed E-state index contributed by atoms with van der Waals surface area (Å²) in [5.41, 5.74) is 2.86. The van der Waals surface area contributed by atoms with Crippen molar-refractivity contribution in [2.75, 3.05) is 11.9 Å². The first-order valence-electron chi connectivity index (χ1n) is 6.88. The highest BCUT2D eigenvalue weighted by molar-refractivity contribution is 5.49. The molecule has 3 rings (SSSR count). The lowest BCUT2D eigenvalue weighted by atomic mass is 10.1. The van der Waals surface area contributed by atoms with E-state index in [-0.39, 0.29) is 5.69 Å². The maximum Gasteiger partial charge on any atom is 0.349 e. The topological polar surface area (TPSA) is 75.1 Å². The zero-order valence-corrected chi connectivity index (χ0v) is 12.1. The van der Waals surface area contributed by atoms with Crippen LogP contribution in [0.4, 0.5) is 5.82 Å². The normalized spacial score (nSPS) is 11.0. The summed E-state index contributed by atoms with van der Waals surface area (Å²) in [4.78, 5) is 15.9. The molecule has 0 atom stereocenters. The van der Waals surface area contributed by atoms with Gasteiger partial charge in [0.05, 0.1) is 0 Å². The molecule has 2 N–H and O–H groups in total. The number of fused-ring (bicyclic) bond motifs is 1. The number of hydrogen-bond acceptors (Lipinski definition) is 4. The number of nitrogens with zero attached hydrogens (tertiary/aromatic N) is 3. The molecule has 21 heavy (non-hydrogen) atoms. The van der Waals surface area contributed by atoms with E-state index in [4.69, 9.17) is 0 Å². The van der Waals surface area contributed by atoms with Gasteiger partial charge in [0.1, 0.15) is 11.6 Å². The third-order valence-corrected chi connectivity index (χ3v) is 3.37. The van der Waals surface area contributed by atoms with Gasteiger partial charge >= 0.3 is 5.69 Å².